The molecule has 1 aliphatic carbocycles. The standard InChI is InChI=1S/C32H35N5O5/c38-28-10-9-27(29(39)33-28)37-30(40)25-8-7-23(18-26(25)31(37)41)34-15-11-20(12-16-34)19-35-13-2-14-36(32(35)42)24-4-1-3-22(17-24)21-5-6-21/h1,3-4,7-8,17-18,20-21,27H,2,5-6,9-16,19H2,(H,33,38,39). The van der Waals surface area contributed by atoms with Gasteiger partial charge in [-0.15, -0.1) is 0 Å². The van der Waals surface area contributed by atoms with Gasteiger partial charge in [-0.05, 0) is 86.3 Å². The number of anilines is 2. The molecule has 4 aliphatic heterocycles. The first-order chi connectivity index (χ1) is 20.4. The molecule has 0 radical (unpaired) electrons. The van der Waals surface area contributed by atoms with Crippen molar-refractivity contribution in [1.82, 2.24) is 15.1 Å². The van der Waals surface area contributed by atoms with Crippen LogP contribution in [0.1, 0.15) is 77.1 Å². The monoisotopic (exact) mass is 569 g/mol. The molecule has 0 spiro atoms. The zero-order valence-corrected chi connectivity index (χ0v) is 23.6. The Labute approximate surface area is 244 Å². The maximum absolute atomic E-state index is 13.5. The number of hydrogen-bond acceptors (Lipinski definition) is 6. The Hall–Kier alpha value is -4.21. The molecule has 4 fully saturated rings. The highest BCUT2D eigenvalue weighted by Gasteiger charge is 2.45. The highest BCUT2D eigenvalue weighted by molar-refractivity contribution is 6.23. The molecule has 0 aromatic heterocycles. The molecule has 1 N–H and O–H groups in total. The zero-order chi connectivity index (χ0) is 29.0. The lowest BCUT2D eigenvalue weighted by Gasteiger charge is -2.40. The van der Waals surface area contributed by atoms with E-state index in [-0.39, 0.29) is 24.8 Å². The molecule has 4 heterocycles. The van der Waals surface area contributed by atoms with Crippen LogP contribution < -0.4 is 15.1 Å². The molecule has 3 saturated heterocycles. The number of fused-ring (bicyclic) bond motifs is 1. The maximum atomic E-state index is 13.5. The van der Waals surface area contributed by atoms with Crippen LogP contribution in [0, 0.1) is 5.92 Å². The lowest BCUT2D eigenvalue weighted by molar-refractivity contribution is -0.136. The molecular weight excluding hydrogens is 534 g/mol. The summed E-state index contributed by atoms with van der Waals surface area (Å²) in [6.45, 7) is 3.85. The fourth-order valence-electron chi connectivity index (χ4n) is 6.89. The fraction of sp³-hybridized carbons (Fsp3) is 0.469. The smallest absolute Gasteiger partial charge is 0.324 e. The van der Waals surface area contributed by atoms with Crippen LogP contribution >= 0.6 is 0 Å². The average Bonchev–Trinajstić information content (AvgIpc) is 3.82. The number of piperidine rings is 2. The molecule has 10 nitrogen and oxygen atoms in total. The number of nitrogens with zero attached hydrogens (tertiary/aromatic N) is 4. The van der Waals surface area contributed by atoms with E-state index in [1.165, 1.54) is 18.4 Å². The summed E-state index contributed by atoms with van der Waals surface area (Å²) in [7, 11) is 0. The van der Waals surface area contributed by atoms with Gasteiger partial charge in [0.15, 0.2) is 0 Å². The van der Waals surface area contributed by atoms with Gasteiger partial charge in [0, 0.05) is 50.5 Å². The summed E-state index contributed by atoms with van der Waals surface area (Å²) >= 11 is 0. The van der Waals surface area contributed by atoms with Gasteiger partial charge >= 0.3 is 6.03 Å². The lowest BCUT2D eigenvalue weighted by atomic mass is 9.95. The van der Waals surface area contributed by atoms with Crippen LogP contribution in [0.4, 0.5) is 16.2 Å². The fourth-order valence-corrected chi connectivity index (χ4v) is 6.89. The molecule has 2 aromatic carbocycles. The molecule has 7 rings (SSSR count). The first-order valence-corrected chi connectivity index (χ1v) is 15.1. The average molecular weight is 570 g/mol. The first kappa shape index (κ1) is 26.7. The first-order valence-electron chi connectivity index (χ1n) is 15.1. The van der Waals surface area contributed by atoms with Crippen molar-refractivity contribution in [2.45, 2.75) is 56.9 Å². The molecule has 1 saturated carbocycles. The van der Waals surface area contributed by atoms with E-state index >= 15 is 0 Å². The van der Waals surface area contributed by atoms with Gasteiger partial charge in [0.1, 0.15) is 6.04 Å². The maximum Gasteiger partial charge on any atom is 0.324 e. The number of nitrogens with one attached hydrogen (secondary N) is 1. The van der Waals surface area contributed by atoms with E-state index in [0.717, 1.165) is 68.3 Å². The second-order valence-corrected chi connectivity index (χ2v) is 12.2. The van der Waals surface area contributed by atoms with Crippen molar-refractivity contribution >= 4 is 41.0 Å². The molecule has 5 aliphatic rings. The minimum absolute atomic E-state index is 0.0959. The predicted octanol–water partition coefficient (Wildman–Crippen LogP) is 3.51. The Balaban J connectivity index is 0.975. The third-order valence-corrected chi connectivity index (χ3v) is 9.42. The van der Waals surface area contributed by atoms with Gasteiger partial charge in [0.25, 0.3) is 11.8 Å². The van der Waals surface area contributed by atoms with Gasteiger partial charge < -0.3 is 9.80 Å². The summed E-state index contributed by atoms with van der Waals surface area (Å²) in [6, 6.07) is 12.9. The van der Waals surface area contributed by atoms with E-state index in [1.807, 2.05) is 21.9 Å². The van der Waals surface area contributed by atoms with Crippen LogP contribution in [-0.2, 0) is 9.59 Å². The van der Waals surface area contributed by atoms with Gasteiger partial charge in [0.2, 0.25) is 11.8 Å². The molecular formula is C32H35N5O5. The molecule has 218 valence electrons. The normalized spacial score (nSPS) is 23.5. The minimum Gasteiger partial charge on any atom is -0.371 e. The van der Waals surface area contributed by atoms with Gasteiger partial charge in [-0.25, -0.2) is 4.79 Å². The van der Waals surface area contributed by atoms with Crippen molar-refractivity contribution in [3.8, 4) is 0 Å². The van der Waals surface area contributed by atoms with E-state index in [4.69, 9.17) is 0 Å². The molecule has 10 heteroatoms. The van der Waals surface area contributed by atoms with Crippen LogP contribution in [0.2, 0.25) is 0 Å². The van der Waals surface area contributed by atoms with Gasteiger partial charge in [-0.3, -0.25) is 34.3 Å². The number of imide groups is 2. The quantitative estimate of drug-likeness (QED) is 0.534. The second-order valence-electron chi connectivity index (χ2n) is 12.2. The summed E-state index contributed by atoms with van der Waals surface area (Å²) in [5.74, 6) is -0.932. The number of amides is 6. The van der Waals surface area contributed by atoms with Crippen LogP contribution in [0.3, 0.4) is 0 Å². The molecule has 2 aromatic rings. The number of rotatable bonds is 6. The SMILES string of the molecule is O=C1CCC(N2C(=O)c3ccc(N4CCC(CN5CCCN(c6cccc(C7CC7)c6)C5=O)CC4)cc3C2=O)C(=O)N1. The lowest BCUT2D eigenvalue weighted by Crippen LogP contribution is -2.54. The zero-order valence-electron chi connectivity index (χ0n) is 23.6. The highest BCUT2D eigenvalue weighted by Crippen LogP contribution is 2.41. The van der Waals surface area contributed by atoms with Gasteiger partial charge in [0.05, 0.1) is 11.1 Å². The summed E-state index contributed by atoms with van der Waals surface area (Å²) < 4.78 is 0. The van der Waals surface area contributed by atoms with Crippen LogP contribution in [0.15, 0.2) is 42.5 Å². The molecule has 0 bridgehead atoms. The van der Waals surface area contributed by atoms with E-state index in [1.54, 1.807) is 12.1 Å². The van der Waals surface area contributed by atoms with Crippen molar-refractivity contribution < 1.29 is 24.0 Å². The van der Waals surface area contributed by atoms with Crippen LogP contribution in [0.25, 0.3) is 0 Å². The van der Waals surface area contributed by atoms with Crippen molar-refractivity contribution in [3.63, 3.8) is 0 Å². The van der Waals surface area contributed by atoms with Crippen molar-refractivity contribution in [3.05, 3.63) is 59.2 Å². The van der Waals surface area contributed by atoms with E-state index in [2.05, 4.69) is 28.4 Å². The highest BCUT2D eigenvalue weighted by atomic mass is 16.2. The second kappa shape index (κ2) is 10.6. The number of carbonyl (C=O) groups is 5. The van der Waals surface area contributed by atoms with Gasteiger partial charge in [-0.2, -0.15) is 0 Å². The third-order valence-electron chi connectivity index (χ3n) is 9.42. The third kappa shape index (κ3) is 4.82. The topological polar surface area (TPSA) is 110 Å². The van der Waals surface area contributed by atoms with Crippen LogP contribution in [0.5, 0.6) is 0 Å². The summed E-state index contributed by atoms with van der Waals surface area (Å²) in [5.41, 5.74) is 3.80. The molecule has 1 unspecified atom stereocenters. The number of urea groups is 1. The van der Waals surface area contributed by atoms with E-state index < -0.39 is 23.8 Å². The van der Waals surface area contributed by atoms with Crippen molar-refractivity contribution in [1.29, 1.82) is 0 Å². The van der Waals surface area contributed by atoms with E-state index in [0.29, 0.717) is 23.0 Å². The number of carbonyl (C=O) groups excluding carboxylic acids is 5. The largest absolute Gasteiger partial charge is 0.371 e. The number of benzene rings is 2. The summed E-state index contributed by atoms with van der Waals surface area (Å²) in [5, 5.41) is 2.23. The van der Waals surface area contributed by atoms with Crippen molar-refractivity contribution in [2.24, 2.45) is 5.92 Å². The number of hydrogen-bond donors (Lipinski definition) is 1. The Morgan fingerprint density at radius 3 is 2.31 bits per heavy atom. The molecule has 6 amide bonds. The van der Waals surface area contributed by atoms with Crippen LogP contribution in [-0.4, -0.2) is 78.2 Å². The Kier molecular flexibility index (Phi) is 6.71. The summed E-state index contributed by atoms with van der Waals surface area (Å²) in [6.07, 6.45) is 5.52. The molecule has 42 heavy (non-hydrogen) atoms. The van der Waals surface area contributed by atoms with Gasteiger partial charge in [-0.1, -0.05) is 12.1 Å². The molecule has 1 atom stereocenters. The Bertz CT molecular complexity index is 1480. The predicted molar refractivity (Wildman–Crippen MR) is 155 cm³/mol. The summed E-state index contributed by atoms with van der Waals surface area (Å²) in [4.78, 5) is 70.8. The van der Waals surface area contributed by atoms with E-state index in [9.17, 15) is 24.0 Å². The Morgan fingerprint density at radius 1 is 0.762 bits per heavy atom. The van der Waals surface area contributed by atoms with Crippen molar-refractivity contribution in [2.75, 3.05) is 42.5 Å². The minimum atomic E-state index is -0.968. The Morgan fingerprint density at radius 2 is 1.55 bits per heavy atom.